The van der Waals surface area contributed by atoms with Crippen molar-refractivity contribution >= 4 is 22.1 Å². The summed E-state index contributed by atoms with van der Waals surface area (Å²) < 4.78 is 1.03. The lowest BCUT2D eigenvalue weighted by Gasteiger charge is -1.77. The second kappa shape index (κ2) is 6.75. The second-order valence-electron chi connectivity index (χ2n) is 1.48. The number of rotatable bonds is 0. The van der Waals surface area contributed by atoms with E-state index in [-0.39, 0.29) is 0 Å². The van der Waals surface area contributed by atoms with Crippen molar-refractivity contribution in [1.82, 2.24) is 0 Å². The van der Waals surface area contributed by atoms with E-state index in [4.69, 9.17) is 0 Å². The summed E-state index contributed by atoms with van der Waals surface area (Å²) in [5.41, 5.74) is 0. The van der Waals surface area contributed by atoms with Gasteiger partial charge < -0.3 is 0 Å². The van der Waals surface area contributed by atoms with Crippen molar-refractivity contribution in [2.45, 2.75) is 20.3 Å². The van der Waals surface area contributed by atoms with E-state index in [0.29, 0.717) is 0 Å². The van der Waals surface area contributed by atoms with Crippen molar-refractivity contribution in [3.63, 3.8) is 0 Å². The Balaban J connectivity index is 0.000000371. The summed E-state index contributed by atoms with van der Waals surface area (Å²) in [5.74, 6) is 0. The zero-order valence-electron chi connectivity index (χ0n) is 6.34. The lowest BCUT2D eigenvalue weighted by molar-refractivity contribution is 1.50. The van der Waals surface area contributed by atoms with E-state index in [1.54, 1.807) is 6.20 Å². The maximum atomic E-state index is 3.96. The van der Waals surface area contributed by atoms with Crippen LogP contribution in [0.1, 0.15) is 20.3 Å². The molecule has 0 bridgehead atoms. The Morgan fingerprint density at radius 2 is 2.20 bits per heavy atom. The largest absolute Gasteiger partial charge is 0.268 e. The van der Waals surface area contributed by atoms with Crippen LogP contribution in [0.5, 0.6) is 0 Å². The molecule has 0 amide bonds. The average Bonchev–Trinajstić information content (AvgIpc) is 2.21. The van der Waals surface area contributed by atoms with Crippen LogP contribution < -0.4 is 0 Å². The molecule has 0 aliphatic carbocycles. The molecule has 0 saturated carbocycles. The van der Waals surface area contributed by atoms with Gasteiger partial charge in [-0.3, -0.25) is 4.99 Å². The van der Waals surface area contributed by atoms with E-state index in [9.17, 15) is 0 Å². The Morgan fingerprint density at radius 3 is 2.90 bits per heavy atom. The molecule has 10 heavy (non-hydrogen) atoms. The number of hydrogen-bond acceptors (Lipinski definition) is 1. The molecule has 0 atom stereocenters. The minimum Gasteiger partial charge on any atom is -0.268 e. The summed E-state index contributed by atoms with van der Waals surface area (Å²) in [6, 6.07) is 0. The van der Waals surface area contributed by atoms with Gasteiger partial charge in [-0.25, -0.2) is 0 Å². The van der Waals surface area contributed by atoms with Gasteiger partial charge in [0.15, 0.2) is 0 Å². The van der Waals surface area contributed by atoms with Crippen molar-refractivity contribution in [2.75, 3.05) is 0 Å². The van der Waals surface area contributed by atoms with Gasteiger partial charge in [0.1, 0.15) is 0 Å². The Kier molecular flexibility index (Phi) is 6.50. The fourth-order valence-electron chi connectivity index (χ4n) is 0.469. The van der Waals surface area contributed by atoms with Gasteiger partial charge in [0.2, 0.25) is 0 Å². The first-order valence-corrected chi connectivity index (χ1v) is 4.23. The van der Waals surface area contributed by atoms with Gasteiger partial charge in [-0.1, -0.05) is 26.0 Å². The monoisotopic (exact) mass is 201 g/mol. The van der Waals surface area contributed by atoms with Crippen LogP contribution in [0, 0.1) is 0 Å². The first kappa shape index (κ1) is 9.63. The quantitative estimate of drug-likeness (QED) is 0.571. The third-order valence-corrected chi connectivity index (χ3v) is 1.29. The fourth-order valence-corrected chi connectivity index (χ4v) is 0.774. The first-order valence-electron chi connectivity index (χ1n) is 3.43. The first-order chi connectivity index (χ1) is 4.89. The van der Waals surface area contributed by atoms with E-state index in [1.807, 2.05) is 26.1 Å². The van der Waals surface area contributed by atoms with Crippen LogP contribution in [0.2, 0.25) is 0 Å². The summed E-state index contributed by atoms with van der Waals surface area (Å²) >= 11 is 3.30. The number of hydrogen-bond donors (Lipinski definition) is 0. The van der Waals surface area contributed by atoms with Gasteiger partial charge in [0.25, 0.3) is 0 Å². The van der Waals surface area contributed by atoms with Gasteiger partial charge in [0.05, 0.1) is 0 Å². The SMILES string of the molecule is BrC1=CN=CCC=C1.CC. The van der Waals surface area contributed by atoms with Crippen molar-refractivity contribution in [2.24, 2.45) is 4.99 Å². The highest BCUT2D eigenvalue weighted by molar-refractivity contribution is 9.11. The number of aliphatic imine (C=N–C) groups is 1. The highest BCUT2D eigenvalue weighted by atomic mass is 79.9. The topological polar surface area (TPSA) is 12.4 Å². The Morgan fingerprint density at radius 1 is 1.50 bits per heavy atom. The predicted octanol–water partition coefficient (Wildman–Crippen LogP) is 3.28. The molecule has 1 aliphatic heterocycles. The molecule has 1 aliphatic rings. The summed E-state index contributed by atoms with van der Waals surface area (Å²) in [6.45, 7) is 4.00. The molecule has 2 heteroatoms. The van der Waals surface area contributed by atoms with E-state index in [0.717, 1.165) is 10.9 Å². The molecule has 0 aromatic rings. The molecular formula is C8H12BrN. The molecule has 0 fully saturated rings. The Hall–Kier alpha value is -0.370. The molecule has 0 saturated heterocycles. The fraction of sp³-hybridized carbons (Fsp3) is 0.375. The molecule has 0 unspecified atom stereocenters. The van der Waals surface area contributed by atoms with Crippen LogP contribution >= 0.6 is 15.9 Å². The van der Waals surface area contributed by atoms with Crippen LogP contribution in [0.3, 0.4) is 0 Å². The van der Waals surface area contributed by atoms with E-state index in [1.165, 1.54) is 0 Å². The van der Waals surface area contributed by atoms with Crippen LogP contribution in [0.25, 0.3) is 0 Å². The predicted molar refractivity (Wildman–Crippen MR) is 50.6 cm³/mol. The van der Waals surface area contributed by atoms with Gasteiger partial charge in [-0.2, -0.15) is 0 Å². The van der Waals surface area contributed by atoms with E-state index < -0.39 is 0 Å². The molecule has 1 nitrogen and oxygen atoms in total. The van der Waals surface area contributed by atoms with E-state index in [2.05, 4.69) is 27.0 Å². The number of nitrogens with zero attached hydrogens (tertiary/aromatic N) is 1. The van der Waals surface area contributed by atoms with Crippen LogP contribution in [-0.4, -0.2) is 6.21 Å². The smallest absolute Gasteiger partial charge is 0.0406 e. The number of halogens is 1. The summed E-state index contributed by atoms with van der Waals surface area (Å²) in [7, 11) is 0. The highest BCUT2D eigenvalue weighted by Crippen LogP contribution is 2.08. The molecule has 1 rings (SSSR count). The van der Waals surface area contributed by atoms with Gasteiger partial charge in [-0.15, -0.1) is 0 Å². The van der Waals surface area contributed by atoms with Crippen LogP contribution in [0.15, 0.2) is 27.8 Å². The Bertz CT molecular complexity index is 157. The van der Waals surface area contributed by atoms with Gasteiger partial charge in [0, 0.05) is 23.3 Å². The lowest BCUT2D eigenvalue weighted by Crippen LogP contribution is -1.61. The van der Waals surface area contributed by atoms with Crippen LogP contribution in [-0.2, 0) is 0 Å². The Labute approximate surface area is 70.7 Å². The molecule has 0 radical (unpaired) electrons. The second-order valence-corrected chi connectivity index (χ2v) is 2.40. The van der Waals surface area contributed by atoms with Crippen molar-refractivity contribution in [1.29, 1.82) is 0 Å². The highest BCUT2D eigenvalue weighted by Gasteiger charge is 1.83. The van der Waals surface area contributed by atoms with Crippen molar-refractivity contribution in [3.8, 4) is 0 Å². The maximum Gasteiger partial charge on any atom is 0.0406 e. The summed E-state index contributed by atoms with van der Waals surface area (Å²) in [5, 5.41) is 0. The minimum atomic E-state index is 0.936. The molecule has 56 valence electrons. The standard InChI is InChI=1S/C6H6BrN.C2H6/c7-6-3-1-2-4-8-5-6;1-2/h1,3-5H,2H2;1-2H3. The summed E-state index contributed by atoms with van der Waals surface area (Å²) in [4.78, 5) is 3.96. The molecule has 0 aromatic carbocycles. The maximum absolute atomic E-state index is 3.96. The van der Waals surface area contributed by atoms with Crippen molar-refractivity contribution < 1.29 is 0 Å². The molecular weight excluding hydrogens is 190 g/mol. The number of allylic oxidation sites excluding steroid dienone is 3. The van der Waals surface area contributed by atoms with E-state index >= 15 is 0 Å². The van der Waals surface area contributed by atoms with Crippen molar-refractivity contribution in [3.05, 3.63) is 22.8 Å². The molecule has 0 aromatic heterocycles. The summed E-state index contributed by atoms with van der Waals surface area (Å²) in [6.07, 6.45) is 8.63. The third-order valence-electron chi connectivity index (χ3n) is 0.822. The third kappa shape index (κ3) is 4.50. The molecule has 1 heterocycles. The zero-order chi connectivity index (χ0) is 7.82. The molecule has 0 N–H and O–H groups in total. The van der Waals surface area contributed by atoms with Crippen LogP contribution in [0.4, 0.5) is 0 Å². The zero-order valence-corrected chi connectivity index (χ0v) is 7.93. The normalized spacial score (nSPS) is 14.9. The lowest BCUT2D eigenvalue weighted by atomic mass is 10.4. The molecule has 0 spiro atoms. The minimum absolute atomic E-state index is 0.936. The van der Waals surface area contributed by atoms with Gasteiger partial charge in [-0.05, 0) is 15.9 Å². The van der Waals surface area contributed by atoms with Gasteiger partial charge >= 0.3 is 0 Å². The average molecular weight is 202 g/mol.